The number of carbonyl (C=O) groups is 2. The molecular formula is C24H33N3O3. The molecule has 1 aliphatic carbocycles. The molecule has 6 heteroatoms. The lowest BCUT2D eigenvalue weighted by molar-refractivity contribution is 0.0519. The topological polar surface area (TPSA) is 74.4 Å². The molecule has 1 saturated carbocycles. The van der Waals surface area contributed by atoms with Crippen LogP contribution in [0.15, 0.2) is 24.3 Å². The van der Waals surface area contributed by atoms with Crippen molar-refractivity contribution in [3.63, 3.8) is 0 Å². The van der Waals surface area contributed by atoms with Gasteiger partial charge < -0.3 is 19.9 Å². The Balaban J connectivity index is 1.85. The summed E-state index contributed by atoms with van der Waals surface area (Å²) in [6.07, 6.45) is 5.51. The molecule has 6 nitrogen and oxygen atoms in total. The van der Waals surface area contributed by atoms with Gasteiger partial charge in [-0.15, -0.1) is 0 Å². The summed E-state index contributed by atoms with van der Waals surface area (Å²) in [7, 11) is 0. The lowest BCUT2D eigenvalue weighted by atomic mass is 9.93. The Labute approximate surface area is 179 Å². The Morgan fingerprint density at radius 3 is 2.40 bits per heavy atom. The lowest BCUT2D eigenvalue weighted by Gasteiger charge is -2.34. The highest BCUT2D eigenvalue weighted by Gasteiger charge is 2.28. The van der Waals surface area contributed by atoms with Gasteiger partial charge >= 0.3 is 12.0 Å². The maximum Gasteiger partial charge on any atom is 0.355 e. The van der Waals surface area contributed by atoms with Crippen molar-refractivity contribution < 1.29 is 14.3 Å². The average Bonchev–Trinajstić information content (AvgIpc) is 3.02. The molecule has 1 heterocycles. The minimum Gasteiger partial charge on any atom is -0.461 e. The molecule has 0 unspecified atom stereocenters. The van der Waals surface area contributed by atoms with Crippen molar-refractivity contribution in [2.24, 2.45) is 0 Å². The van der Waals surface area contributed by atoms with E-state index in [-0.39, 0.29) is 18.0 Å². The predicted octanol–water partition coefficient (Wildman–Crippen LogP) is 5.48. The average molecular weight is 412 g/mol. The maximum atomic E-state index is 13.3. The van der Waals surface area contributed by atoms with E-state index >= 15 is 0 Å². The Kier molecular flexibility index (Phi) is 7.19. The highest BCUT2D eigenvalue weighted by molar-refractivity contribution is 5.91. The molecule has 3 rings (SSSR count). The van der Waals surface area contributed by atoms with Crippen LogP contribution in [0.25, 0.3) is 0 Å². The number of benzene rings is 1. The number of nitrogens with zero attached hydrogens (tertiary/aromatic N) is 1. The van der Waals surface area contributed by atoms with Crippen molar-refractivity contribution >= 4 is 17.7 Å². The molecular weight excluding hydrogens is 378 g/mol. The van der Waals surface area contributed by atoms with Crippen molar-refractivity contribution in [2.45, 2.75) is 72.4 Å². The third kappa shape index (κ3) is 5.04. The Morgan fingerprint density at radius 1 is 1.10 bits per heavy atom. The van der Waals surface area contributed by atoms with Crippen LogP contribution in [0.2, 0.25) is 0 Å². The molecule has 30 heavy (non-hydrogen) atoms. The number of amides is 2. The van der Waals surface area contributed by atoms with Gasteiger partial charge in [0.05, 0.1) is 6.61 Å². The van der Waals surface area contributed by atoms with E-state index in [4.69, 9.17) is 4.74 Å². The molecule has 162 valence electrons. The van der Waals surface area contributed by atoms with Gasteiger partial charge in [0.25, 0.3) is 0 Å². The predicted molar refractivity (Wildman–Crippen MR) is 119 cm³/mol. The van der Waals surface area contributed by atoms with Crippen LogP contribution in [0.5, 0.6) is 0 Å². The van der Waals surface area contributed by atoms with Crippen LogP contribution in [0.4, 0.5) is 10.5 Å². The van der Waals surface area contributed by atoms with Gasteiger partial charge in [-0.05, 0) is 63.8 Å². The van der Waals surface area contributed by atoms with Crippen LogP contribution in [0, 0.1) is 20.8 Å². The minimum atomic E-state index is -0.349. The number of ether oxygens (including phenoxy) is 1. The number of hydrogen-bond acceptors (Lipinski definition) is 3. The molecule has 0 radical (unpaired) electrons. The van der Waals surface area contributed by atoms with E-state index in [0.717, 1.165) is 53.8 Å². The van der Waals surface area contributed by atoms with Crippen molar-refractivity contribution in [1.82, 2.24) is 9.88 Å². The van der Waals surface area contributed by atoms with Gasteiger partial charge in [0.1, 0.15) is 5.69 Å². The number of hydrogen-bond donors (Lipinski definition) is 2. The standard InChI is InChI=1S/C24H33N3O3/c1-5-30-23(28)22-17(3)21(18(4)25-22)15-27(20-9-7-6-8-10-20)24(29)26-19-13-11-16(2)12-14-19/h11-14,20,25H,5-10,15H2,1-4H3,(H,26,29). The van der Waals surface area contributed by atoms with E-state index in [9.17, 15) is 9.59 Å². The first-order chi connectivity index (χ1) is 14.4. The van der Waals surface area contributed by atoms with Gasteiger partial charge in [0, 0.05) is 24.0 Å². The van der Waals surface area contributed by atoms with Crippen LogP contribution in [0.3, 0.4) is 0 Å². The third-order valence-corrected chi connectivity index (χ3v) is 5.98. The number of esters is 1. The number of H-pyrrole nitrogens is 1. The number of nitrogens with one attached hydrogen (secondary N) is 2. The van der Waals surface area contributed by atoms with Gasteiger partial charge in [0.2, 0.25) is 0 Å². The van der Waals surface area contributed by atoms with E-state index in [1.54, 1.807) is 6.92 Å². The second-order valence-electron chi connectivity index (χ2n) is 8.16. The maximum absolute atomic E-state index is 13.3. The fraction of sp³-hybridized carbons (Fsp3) is 0.500. The summed E-state index contributed by atoms with van der Waals surface area (Å²) in [5.74, 6) is -0.349. The fourth-order valence-corrected chi connectivity index (χ4v) is 4.20. The number of aromatic amines is 1. The summed E-state index contributed by atoms with van der Waals surface area (Å²) in [6.45, 7) is 8.49. The number of aromatic nitrogens is 1. The second-order valence-corrected chi connectivity index (χ2v) is 8.16. The summed E-state index contributed by atoms with van der Waals surface area (Å²) in [4.78, 5) is 30.7. The van der Waals surface area contributed by atoms with Gasteiger partial charge in [-0.25, -0.2) is 9.59 Å². The van der Waals surface area contributed by atoms with Gasteiger partial charge in [-0.2, -0.15) is 0 Å². The third-order valence-electron chi connectivity index (χ3n) is 5.98. The first-order valence-corrected chi connectivity index (χ1v) is 10.9. The molecule has 2 amide bonds. The largest absolute Gasteiger partial charge is 0.461 e. The smallest absolute Gasteiger partial charge is 0.355 e. The van der Waals surface area contributed by atoms with Crippen LogP contribution in [-0.4, -0.2) is 34.5 Å². The minimum absolute atomic E-state index is 0.0940. The second kappa shape index (κ2) is 9.83. The highest BCUT2D eigenvalue weighted by atomic mass is 16.5. The number of rotatable bonds is 6. The molecule has 1 fully saturated rings. The zero-order valence-corrected chi connectivity index (χ0v) is 18.5. The van der Waals surface area contributed by atoms with Gasteiger partial charge in [0.15, 0.2) is 0 Å². The zero-order valence-electron chi connectivity index (χ0n) is 18.5. The molecule has 2 N–H and O–H groups in total. The molecule has 0 spiro atoms. The number of urea groups is 1. The Morgan fingerprint density at radius 2 is 1.77 bits per heavy atom. The summed E-state index contributed by atoms with van der Waals surface area (Å²) in [5, 5.41) is 3.06. The van der Waals surface area contributed by atoms with E-state index in [1.807, 2.05) is 49.9 Å². The van der Waals surface area contributed by atoms with Crippen LogP contribution >= 0.6 is 0 Å². The molecule has 1 aliphatic rings. The molecule has 0 aliphatic heterocycles. The van der Waals surface area contributed by atoms with Gasteiger partial charge in [-0.1, -0.05) is 37.0 Å². The zero-order chi connectivity index (χ0) is 21.7. The summed E-state index contributed by atoms with van der Waals surface area (Å²) >= 11 is 0. The molecule has 0 bridgehead atoms. The van der Waals surface area contributed by atoms with Crippen LogP contribution < -0.4 is 5.32 Å². The summed E-state index contributed by atoms with van der Waals surface area (Å²) in [6, 6.07) is 7.95. The normalized spacial score (nSPS) is 14.4. The van der Waals surface area contributed by atoms with Crippen molar-refractivity contribution in [3.8, 4) is 0 Å². The molecule has 2 aromatic rings. The van der Waals surface area contributed by atoms with Gasteiger partial charge in [-0.3, -0.25) is 0 Å². The van der Waals surface area contributed by atoms with Crippen molar-refractivity contribution in [1.29, 1.82) is 0 Å². The quantitative estimate of drug-likeness (QED) is 0.618. The van der Waals surface area contributed by atoms with Crippen LogP contribution in [0.1, 0.15) is 71.9 Å². The number of aryl methyl sites for hydroxylation is 2. The highest BCUT2D eigenvalue weighted by Crippen LogP contribution is 2.28. The number of carbonyl (C=O) groups excluding carboxylic acids is 2. The molecule has 0 saturated heterocycles. The Bertz CT molecular complexity index is 880. The molecule has 0 atom stereocenters. The van der Waals surface area contributed by atoms with E-state index < -0.39 is 0 Å². The summed E-state index contributed by atoms with van der Waals surface area (Å²) in [5.41, 5.74) is 5.17. The first kappa shape index (κ1) is 21.9. The van der Waals surface area contributed by atoms with E-state index in [1.165, 1.54) is 6.42 Å². The van der Waals surface area contributed by atoms with Crippen LogP contribution in [-0.2, 0) is 11.3 Å². The van der Waals surface area contributed by atoms with Crippen molar-refractivity contribution in [2.75, 3.05) is 11.9 Å². The number of anilines is 1. The molecule has 1 aromatic heterocycles. The van der Waals surface area contributed by atoms with E-state index in [2.05, 4.69) is 10.3 Å². The lowest BCUT2D eigenvalue weighted by Crippen LogP contribution is -2.43. The Hall–Kier alpha value is -2.76. The monoisotopic (exact) mass is 411 g/mol. The fourth-order valence-electron chi connectivity index (χ4n) is 4.20. The first-order valence-electron chi connectivity index (χ1n) is 10.9. The summed E-state index contributed by atoms with van der Waals surface area (Å²) < 4.78 is 5.17. The van der Waals surface area contributed by atoms with Crippen molar-refractivity contribution in [3.05, 3.63) is 52.3 Å². The van der Waals surface area contributed by atoms with E-state index in [0.29, 0.717) is 18.8 Å². The SMILES string of the molecule is CCOC(=O)c1[nH]c(C)c(CN(C(=O)Nc2ccc(C)cc2)C2CCCCC2)c1C. The molecule has 1 aromatic carbocycles.